The molecule has 3 heterocycles. The van der Waals surface area contributed by atoms with Crippen LogP contribution < -0.4 is 11.4 Å². The monoisotopic (exact) mass is 304 g/mol. The Hall–Kier alpha value is -2.55. The largest absolute Gasteiger partial charge is 0.352 e. The summed E-state index contributed by atoms with van der Waals surface area (Å²) in [5, 5.41) is 9.77. The first-order valence-corrected chi connectivity index (χ1v) is 8.16. The molecule has 6 nitrogen and oxygen atoms in total. The van der Waals surface area contributed by atoms with Crippen molar-refractivity contribution in [1.82, 2.24) is 13.9 Å². The van der Waals surface area contributed by atoms with Crippen molar-refractivity contribution >= 4 is 0 Å². The zero-order valence-corrected chi connectivity index (χ0v) is 12.0. The molecule has 2 aliphatic heterocycles. The average molecular weight is 304 g/mol. The lowest BCUT2D eigenvalue weighted by molar-refractivity contribution is 0.0819. The summed E-state index contributed by atoms with van der Waals surface area (Å²) in [7, 11) is 0. The van der Waals surface area contributed by atoms with Crippen LogP contribution in [-0.2, 0) is 0 Å². The summed E-state index contributed by atoms with van der Waals surface area (Å²) >= 11 is 0. The molecule has 23 heavy (non-hydrogen) atoms. The molecule has 8 atom stereocenters. The molecule has 2 aromatic rings. The van der Waals surface area contributed by atoms with Crippen LogP contribution in [-0.4, -0.2) is 13.9 Å². The Bertz CT molecular complexity index is 1090. The molecular weight excluding hydrogens is 292 g/mol. The highest BCUT2D eigenvalue weighted by atomic mass is 16.2. The fraction of sp³-hybridized carbons (Fsp3) is 0.471. The number of hydrogen-bond acceptors (Lipinski definition) is 3. The van der Waals surface area contributed by atoms with Crippen molar-refractivity contribution in [2.45, 2.75) is 12.1 Å². The lowest BCUT2D eigenvalue weighted by Gasteiger charge is -2.39. The third kappa shape index (κ3) is 0.792. The van der Waals surface area contributed by atoms with Gasteiger partial charge in [-0.25, -0.2) is 23.5 Å². The van der Waals surface area contributed by atoms with Crippen molar-refractivity contribution in [3.05, 3.63) is 51.3 Å². The molecule has 0 spiro atoms. The molecule has 6 aliphatic rings. The third-order valence-electron chi connectivity index (χ3n) is 7.36. The van der Waals surface area contributed by atoms with Gasteiger partial charge in [-0.15, -0.1) is 0 Å². The van der Waals surface area contributed by atoms with Crippen LogP contribution in [0.3, 0.4) is 0 Å². The van der Waals surface area contributed by atoms with E-state index in [-0.39, 0.29) is 28.9 Å². The fourth-order valence-corrected chi connectivity index (χ4v) is 6.90. The molecule has 0 unspecified atom stereocenters. The number of rotatable bonds is 1. The second kappa shape index (κ2) is 2.82. The van der Waals surface area contributed by atoms with E-state index in [1.165, 1.54) is 4.57 Å². The maximum atomic E-state index is 13.0. The van der Waals surface area contributed by atoms with Gasteiger partial charge in [-0.1, -0.05) is 18.2 Å². The molecule has 1 aromatic heterocycles. The summed E-state index contributed by atoms with van der Waals surface area (Å²) in [6.45, 7) is 0. The summed E-state index contributed by atoms with van der Waals surface area (Å²) in [6.07, 6.45) is 0. The Kier molecular flexibility index (Phi) is 1.36. The van der Waals surface area contributed by atoms with E-state index in [0.717, 1.165) is 0 Å². The Morgan fingerprint density at radius 3 is 2.43 bits per heavy atom. The molecule has 4 saturated carbocycles. The molecule has 4 aliphatic carbocycles. The zero-order valence-electron chi connectivity index (χ0n) is 12.0. The van der Waals surface area contributed by atoms with Gasteiger partial charge >= 0.3 is 11.4 Å². The van der Waals surface area contributed by atoms with Crippen LogP contribution in [0, 0.1) is 46.3 Å². The molecular formula is C17H12N4O2. The van der Waals surface area contributed by atoms with E-state index in [0.29, 0.717) is 35.3 Å². The van der Waals surface area contributed by atoms with E-state index in [1.807, 2.05) is 18.2 Å². The number of nitrogens with zero attached hydrogens (tertiary/aromatic N) is 4. The van der Waals surface area contributed by atoms with Crippen molar-refractivity contribution in [3.8, 4) is 11.8 Å². The second-order valence-corrected chi connectivity index (χ2v) is 7.69. The topological polar surface area (TPSA) is 72.7 Å². The maximum Gasteiger partial charge on any atom is 0.352 e. The molecule has 0 saturated heterocycles. The Labute approximate surface area is 130 Å². The first-order chi connectivity index (χ1) is 11.2. The van der Waals surface area contributed by atoms with Gasteiger partial charge in [-0.05, 0) is 35.8 Å². The molecule has 6 heteroatoms. The van der Waals surface area contributed by atoms with Crippen LogP contribution in [0.2, 0.25) is 0 Å². The Morgan fingerprint density at radius 1 is 0.957 bits per heavy atom. The average Bonchev–Trinajstić information content (AvgIpc) is 3.36. The van der Waals surface area contributed by atoms with Gasteiger partial charge in [0.15, 0.2) is 0 Å². The number of hydrogen-bond donors (Lipinski definition) is 0. The van der Waals surface area contributed by atoms with Crippen molar-refractivity contribution in [2.75, 3.05) is 0 Å². The van der Waals surface area contributed by atoms with Crippen molar-refractivity contribution in [2.24, 2.45) is 35.0 Å². The van der Waals surface area contributed by atoms with Crippen LogP contribution in [0.5, 0.6) is 0 Å². The molecule has 0 amide bonds. The number of para-hydroxylation sites is 1. The summed E-state index contributed by atoms with van der Waals surface area (Å²) < 4.78 is 4.62. The molecule has 0 N–H and O–H groups in total. The van der Waals surface area contributed by atoms with E-state index in [4.69, 9.17) is 0 Å². The number of benzene rings is 1. The highest BCUT2D eigenvalue weighted by Crippen LogP contribution is 2.96. The van der Waals surface area contributed by atoms with Gasteiger partial charge in [-0.3, -0.25) is 0 Å². The summed E-state index contributed by atoms with van der Waals surface area (Å²) in [5.41, 5.74) is -0.259. The van der Waals surface area contributed by atoms with E-state index in [1.54, 1.807) is 21.5 Å². The fourth-order valence-electron chi connectivity index (χ4n) is 6.90. The van der Waals surface area contributed by atoms with Gasteiger partial charge in [0.05, 0.1) is 29.3 Å². The first kappa shape index (κ1) is 11.1. The van der Waals surface area contributed by atoms with Gasteiger partial charge in [0, 0.05) is 5.92 Å². The zero-order chi connectivity index (χ0) is 15.2. The minimum absolute atomic E-state index is 0.0739. The van der Waals surface area contributed by atoms with Crippen molar-refractivity contribution in [3.63, 3.8) is 0 Å². The SMILES string of the molecule is N#C[C@@]12[C@@H]3[C@H]4[C@H]5[C@H]4[C@H]1n1c(=O)n(-c4ccccc4)c(=O)n1[C@H]5[C@H]32. The van der Waals surface area contributed by atoms with Gasteiger partial charge in [-0.2, -0.15) is 5.26 Å². The van der Waals surface area contributed by atoms with Gasteiger partial charge in [0.2, 0.25) is 0 Å². The van der Waals surface area contributed by atoms with Crippen LogP contribution in [0.1, 0.15) is 12.1 Å². The lowest BCUT2D eigenvalue weighted by atomic mass is 9.80. The molecule has 112 valence electrons. The molecule has 8 rings (SSSR count). The third-order valence-corrected chi connectivity index (χ3v) is 7.36. The quantitative estimate of drug-likeness (QED) is 0.772. The van der Waals surface area contributed by atoms with Gasteiger partial charge in [0.1, 0.15) is 0 Å². The minimum Gasteiger partial charge on any atom is -0.245 e. The van der Waals surface area contributed by atoms with Gasteiger partial charge < -0.3 is 0 Å². The lowest BCUT2D eigenvalue weighted by Crippen LogP contribution is -2.48. The molecule has 0 radical (unpaired) electrons. The van der Waals surface area contributed by atoms with Crippen LogP contribution >= 0.6 is 0 Å². The highest BCUT2D eigenvalue weighted by Gasteiger charge is 2.97. The Morgan fingerprint density at radius 2 is 1.70 bits per heavy atom. The van der Waals surface area contributed by atoms with Gasteiger partial charge in [0.25, 0.3) is 0 Å². The van der Waals surface area contributed by atoms with Crippen LogP contribution in [0.15, 0.2) is 39.9 Å². The predicted octanol–water partition coefficient (Wildman–Crippen LogP) is 0.542. The van der Waals surface area contributed by atoms with E-state index < -0.39 is 0 Å². The Balaban J connectivity index is 1.58. The molecule has 1 aromatic carbocycles. The predicted molar refractivity (Wildman–Crippen MR) is 77.9 cm³/mol. The first-order valence-electron chi connectivity index (χ1n) is 8.16. The van der Waals surface area contributed by atoms with Crippen molar-refractivity contribution in [1.29, 1.82) is 5.26 Å². The van der Waals surface area contributed by atoms with Crippen LogP contribution in [0.4, 0.5) is 0 Å². The standard InChI is InChI=1S/C17H12N4O2/c18-6-17-11-8-9-10(8)14(17)21-16(23)19(7-4-2-1-3-5-7)15(22)20(21)13(9)12(11)17/h1-5,8-14H/t8-,9-,10-,11+,12-,13+,14+,17-/m0/s1. The van der Waals surface area contributed by atoms with Crippen LogP contribution in [0.25, 0.3) is 5.69 Å². The maximum absolute atomic E-state index is 13.0. The second-order valence-electron chi connectivity index (χ2n) is 7.69. The summed E-state index contributed by atoms with van der Waals surface area (Å²) in [4.78, 5) is 26.0. The summed E-state index contributed by atoms with van der Waals surface area (Å²) in [5.74, 6) is 2.33. The normalized spacial score (nSPS) is 48.0. The van der Waals surface area contributed by atoms with Crippen molar-refractivity contribution < 1.29 is 0 Å². The van der Waals surface area contributed by atoms with E-state index in [2.05, 4.69) is 6.07 Å². The number of aromatic nitrogens is 3. The summed E-state index contributed by atoms with van der Waals surface area (Å²) in [6, 6.07) is 11.6. The molecule has 4 fully saturated rings. The smallest absolute Gasteiger partial charge is 0.245 e. The highest BCUT2D eigenvalue weighted by molar-refractivity contribution is 5.48. The molecule has 2 bridgehead atoms. The van der Waals surface area contributed by atoms with E-state index in [9.17, 15) is 14.9 Å². The number of nitriles is 1. The minimum atomic E-state index is -0.353. The van der Waals surface area contributed by atoms with E-state index >= 15 is 0 Å².